The Balaban J connectivity index is 2.31. The molecule has 2 aromatic rings. The Bertz CT molecular complexity index is 736. The lowest BCUT2D eigenvalue weighted by atomic mass is 10.1. The first kappa shape index (κ1) is 14.9. The van der Waals surface area contributed by atoms with E-state index in [4.69, 9.17) is 21.6 Å². The van der Waals surface area contributed by atoms with Gasteiger partial charge in [-0.3, -0.25) is 4.79 Å². The Kier molecular flexibility index (Phi) is 4.46. The minimum Gasteiger partial charge on any atom is -0.495 e. The summed E-state index contributed by atoms with van der Waals surface area (Å²) in [5.41, 5.74) is 2.20. The second-order valence-electron chi connectivity index (χ2n) is 4.45. The first-order chi connectivity index (χ1) is 10.0. The zero-order valence-corrected chi connectivity index (χ0v) is 12.4. The minimum atomic E-state index is -0.313. The highest BCUT2D eigenvalue weighted by molar-refractivity contribution is 6.31. The van der Waals surface area contributed by atoms with Gasteiger partial charge < -0.3 is 10.1 Å². The second-order valence-corrected chi connectivity index (χ2v) is 4.86. The Morgan fingerprint density at radius 1 is 1.33 bits per heavy atom. The van der Waals surface area contributed by atoms with Gasteiger partial charge in [0.05, 0.1) is 24.4 Å². The van der Waals surface area contributed by atoms with Crippen molar-refractivity contribution in [2.45, 2.75) is 6.92 Å². The lowest BCUT2D eigenvalue weighted by Gasteiger charge is -2.12. The number of hydrogen-bond donors (Lipinski definition) is 1. The number of methoxy groups -OCH3 is 1. The lowest BCUT2D eigenvalue weighted by molar-refractivity contribution is 0.102. The van der Waals surface area contributed by atoms with E-state index in [-0.39, 0.29) is 5.91 Å². The third-order valence-electron chi connectivity index (χ3n) is 2.98. The fourth-order valence-electron chi connectivity index (χ4n) is 1.85. The van der Waals surface area contributed by atoms with E-state index in [0.29, 0.717) is 27.6 Å². The Morgan fingerprint density at radius 2 is 2.10 bits per heavy atom. The van der Waals surface area contributed by atoms with E-state index in [1.165, 1.54) is 13.2 Å². The number of rotatable bonds is 3. The number of nitriles is 1. The maximum Gasteiger partial charge on any atom is 0.255 e. The van der Waals surface area contributed by atoms with E-state index in [1.54, 1.807) is 30.3 Å². The summed E-state index contributed by atoms with van der Waals surface area (Å²) < 4.78 is 5.21. The Morgan fingerprint density at radius 3 is 2.76 bits per heavy atom. The molecule has 0 aromatic heterocycles. The van der Waals surface area contributed by atoms with E-state index in [2.05, 4.69) is 5.32 Å². The number of amides is 1. The fraction of sp³-hybridized carbons (Fsp3) is 0.125. The predicted octanol–water partition coefficient (Wildman–Crippen LogP) is 3.78. The van der Waals surface area contributed by atoms with Gasteiger partial charge in [-0.15, -0.1) is 0 Å². The number of benzene rings is 2. The quantitative estimate of drug-likeness (QED) is 0.938. The number of nitrogens with one attached hydrogen (secondary N) is 1. The van der Waals surface area contributed by atoms with Crippen molar-refractivity contribution in [3.8, 4) is 11.8 Å². The van der Waals surface area contributed by atoms with Crippen molar-refractivity contribution in [2.24, 2.45) is 0 Å². The molecule has 0 radical (unpaired) electrons. The average molecular weight is 301 g/mol. The molecule has 0 heterocycles. The van der Waals surface area contributed by atoms with Gasteiger partial charge >= 0.3 is 0 Å². The molecule has 0 fully saturated rings. The van der Waals surface area contributed by atoms with Gasteiger partial charge in [-0.25, -0.2) is 0 Å². The smallest absolute Gasteiger partial charge is 0.255 e. The monoisotopic (exact) mass is 300 g/mol. The molecular formula is C16H13ClN2O2. The molecule has 0 aliphatic rings. The summed E-state index contributed by atoms with van der Waals surface area (Å²) in [6.07, 6.45) is 0. The molecule has 0 unspecified atom stereocenters. The molecule has 2 rings (SSSR count). The van der Waals surface area contributed by atoms with Crippen LogP contribution in [0.5, 0.6) is 5.75 Å². The van der Waals surface area contributed by atoms with Gasteiger partial charge in [0, 0.05) is 16.7 Å². The summed E-state index contributed by atoms with van der Waals surface area (Å²) in [4.78, 5) is 12.2. The molecule has 0 spiro atoms. The summed E-state index contributed by atoms with van der Waals surface area (Å²) in [5.74, 6) is 0.169. The minimum absolute atomic E-state index is 0.313. The van der Waals surface area contributed by atoms with Crippen LogP contribution in [0.4, 0.5) is 5.69 Å². The molecule has 0 atom stereocenters. The van der Waals surface area contributed by atoms with Crippen LogP contribution < -0.4 is 10.1 Å². The standard InChI is InChI=1S/C16H13ClN2O2/c1-10-6-14(15(21-2)8-13(10)17)19-16(20)12-5-3-4-11(7-12)9-18/h3-8H,1-2H3,(H,19,20). The topological polar surface area (TPSA) is 62.1 Å². The molecular weight excluding hydrogens is 288 g/mol. The van der Waals surface area contributed by atoms with E-state index in [0.717, 1.165) is 5.56 Å². The van der Waals surface area contributed by atoms with Crippen LogP contribution in [0.2, 0.25) is 5.02 Å². The largest absolute Gasteiger partial charge is 0.495 e. The Labute approximate surface area is 127 Å². The fourth-order valence-corrected chi connectivity index (χ4v) is 2.01. The second kappa shape index (κ2) is 6.29. The SMILES string of the molecule is COc1cc(Cl)c(C)cc1NC(=O)c1cccc(C#N)c1. The predicted molar refractivity (Wildman–Crippen MR) is 81.9 cm³/mol. The van der Waals surface area contributed by atoms with Gasteiger partial charge in [-0.1, -0.05) is 17.7 Å². The number of hydrogen-bond acceptors (Lipinski definition) is 3. The molecule has 5 heteroatoms. The number of halogens is 1. The summed E-state index contributed by atoms with van der Waals surface area (Å²) >= 11 is 6.03. The van der Waals surface area contributed by atoms with Gasteiger partial charge in [0.25, 0.3) is 5.91 Å². The summed E-state index contributed by atoms with van der Waals surface area (Å²) in [5, 5.41) is 12.2. The van der Waals surface area contributed by atoms with Crippen molar-refractivity contribution in [3.63, 3.8) is 0 Å². The summed E-state index contributed by atoms with van der Waals surface area (Å²) in [6.45, 7) is 1.84. The van der Waals surface area contributed by atoms with Gasteiger partial charge in [0.1, 0.15) is 5.75 Å². The average Bonchev–Trinajstić information content (AvgIpc) is 2.50. The van der Waals surface area contributed by atoms with Gasteiger partial charge in [0.2, 0.25) is 0 Å². The van der Waals surface area contributed by atoms with E-state index in [9.17, 15) is 4.79 Å². The molecule has 21 heavy (non-hydrogen) atoms. The van der Waals surface area contributed by atoms with E-state index < -0.39 is 0 Å². The van der Waals surface area contributed by atoms with Gasteiger partial charge in [-0.05, 0) is 36.8 Å². The zero-order chi connectivity index (χ0) is 15.4. The van der Waals surface area contributed by atoms with Crippen LogP contribution in [-0.2, 0) is 0 Å². The normalized spacial score (nSPS) is 9.81. The molecule has 4 nitrogen and oxygen atoms in total. The number of nitrogens with zero attached hydrogens (tertiary/aromatic N) is 1. The molecule has 1 amide bonds. The number of carbonyl (C=O) groups is 1. The first-order valence-corrected chi connectivity index (χ1v) is 6.58. The highest BCUT2D eigenvalue weighted by Gasteiger charge is 2.12. The lowest BCUT2D eigenvalue weighted by Crippen LogP contribution is -2.13. The maximum absolute atomic E-state index is 12.2. The van der Waals surface area contributed by atoms with Crippen LogP contribution >= 0.6 is 11.6 Å². The van der Waals surface area contributed by atoms with Crippen LogP contribution in [0.15, 0.2) is 36.4 Å². The first-order valence-electron chi connectivity index (χ1n) is 6.21. The number of anilines is 1. The van der Waals surface area contributed by atoms with Crippen LogP contribution in [0.25, 0.3) is 0 Å². The number of aryl methyl sites for hydroxylation is 1. The van der Waals surface area contributed by atoms with Crippen LogP contribution in [-0.4, -0.2) is 13.0 Å². The van der Waals surface area contributed by atoms with Crippen LogP contribution in [0.1, 0.15) is 21.5 Å². The molecule has 0 aliphatic heterocycles. The molecule has 1 N–H and O–H groups in total. The molecule has 0 saturated carbocycles. The molecule has 2 aromatic carbocycles. The number of carbonyl (C=O) groups excluding carboxylic acids is 1. The summed E-state index contributed by atoms with van der Waals surface area (Å²) in [6, 6.07) is 11.9. The molecule has 106 valence electrons. The van der Waals surface area contributed by atoms with Crippen molar-refractivity contribution >= 4 is 23.2 Å². The van der Waals surface area contributed by atoms with Crippen molar-refractivity contribution in [3.05, 3.63) is 58.1 Å². The van der Waals surface area contributed by atoms with E-state index >= 15 is 0 Å². The molecule has 0 bridgehead atoms. The van der Waals surface area contributed by atoms with Crippen molar-refractivity contribution in [2.75, 3.05) is 12.4 Å². The zero-order valence-electron chi connectivity index (χ0n) is 11.6. The molecule has 0 saturated heterocycles. The third kappa shape index (κ3) is 3.33. The number of ether oxygens (including phenoxy) is 1. The van der Waals surface area contributed by atoms with Crippen molar-refractivity contribution in [1.82, 2.24) is 0 Å². The van der Waals surface area contributed by atoms with Crippen LogP contribution in [0, 0.1) is 18.3 Å². The maximum atomic E-state index is 12.2. The van der Waals surface area contributed by atoms with Crippen LogP contribution in [0.3, 0.4) is 0 Å². The molecule has 0 aliphatic carbocycles. The van der Waals surface area contributed by atoms with E-state index in [1.807, 2.05) is 13.0 Å². The highest BCUT2D eigenvalue weighted by Crippen LogP contribution is 2.31. The summed E-state index contributed by atoms with van der Waals surface area (Å²) in [7, 11) is 1.51. The van der Waals surface area contributed by atoms with Gasteiger partial charge in [-0.2, -0.15) is 5.26 Å². The van der Waals surface area contributed by atoms with Crippen molar-refractivity contribution in [1.29, 1.82) is 5.26 Å². The highest BCUT2D eigenvalue weighted by atomic mass is 35.5. The van der Waals surface area contributed by atoms with Crippen molar-refractivity contribution < 1.29 is 9.53 Å². The Hall–Kier alpha value is -2.51. The van der Waals surface area contributed by atoms with Gasteiger partial charge in [0.15, 0.2) is 0 Å². The third-order valence-corrected chi connectivity index (χ3v) is 3.39.